The molecule has 0 amide bonds. The number of aromatic nitrogens is 1. The van der Waals surface area contributed by atoms with Gasteiger partial charge >= 0.3 is 0 Å². The van der Waals surface area contributed by atoms with Gasteiger partial charge in [0.15, 0.2) is 0 Å². The summed E-state index contributed by atoms with van der Waals surface area (Å²) in [6.07, 6.45) is 4.32. The molecule has 2 heteroatoms. The molecule has 1 aromatic heterocycles. The van der Waals surface area contributed by atoms with Crippen molar-refractivity contribution in [2.24, 2.45) is 0 Å². The summed E-state index contributed by atoms with van der Waals surface area (Å²) in [7, 11) is 0. The molecule has 2 nitrogen and oxygen atoms in total. The first-order valence-electron chi connectivity index (χ1n) is 9.10. The summed E-state index contributed by atoms with van der Waals surface area (Å²) < 4.78 is 2.25. The Balaban J connectivity index is 1.88. The van der Waals surface area contributed by atoms with Crippen molar-refractivity contribution in [3.05, 3.63) is 108 Å². The molecule has 3 aromatic carbocycles. The Labute approximate surface area is 160 Å². The summed E-state index contributed by atoms with van der Waals surface area (Å²) in [5.41, 5.74) is 13.9. The molecular weight excluding hydrogens is 328 g/mol. The topological polar surface area (TPSA) is 30.9 Å². The Bertz CT molecular complexity index is 1070. The third-order valence-electron chi connectivity index (χ3n) is 4.79. The third kappa shape index (κ3) is 3.42. The highest BCUT2D eigenvalue weighted by atomic mass is 15.0. The maximum atomic E-state index is 6.30. The van der Waals surface area contributed by atoms with Crippen molar-refractivity contribution in [1.29, 1.82) is 0 Å². The van der Waals surface area contributed by atoms with Gasteiger partial charge in [0.1, 0.15) is 0 Å². The molecule has 4 aromatic rings. The van der Waals surface area contributed by atoms with Gasteiger partial charge in [0.25, 0.3) is 0 Å². The Hall–Kier alpha value is -3.52. The molecule has 132 valence electrons. The average Bonchev–Trinajstić information content (AvgIpc) is 3.04. The minimum atomic E-state index is 0.770. The number of anilines is 1. The predicted octanol–water partition coefficient (Wildman–Crippen LogP) is 6.21. The van der Waals surface area contributed by atoms with Gasteiger partial charge in [-0.25, -0.2) is 0 Å². The zero-order valence-electron chi connectivity index (χ0n) is 15.3. The first kappa shape index (κ1) is 16.9. The number of benzene rings is 3. The fraction of sp³-hybridized carbons (Fsp3) is 0.0400. The fourth-order valence-corrected chi connectivity index (χ4v) is 3.37. The van der Waals surface area contributed by atoms with E-state index in [0.29, 0.717) is 0 Å². The minimum Gasteiger partial charge on any atom is -0.397 e. The summed E-state index contributed by atoms with van der Waals surface area (Å²) in [5.74, 6) is 0. The van der Waals surface area contributed by atoms with Gasteiger partial charge in [0, 0.05) is 5.69 Å². The van der Waals surface area contributed by atoms with E-state index in [-0.39, 0.29) is 0 Å². The van der Waals surface area contributed by atoms with Crippen LogP contribution >= 0.6 is 0 Å². The molecule has 1 heterocycles. The van der Waals surface area contributed by atoms with Crippen LogP contribution in [-0.2, 0) is 0 Å². The van der Waals surface area contributed by atoms with Crippen LogP contribution in [0.2, 0.25) is 0 Å². The molecule has 0 fully saturated rings. The van der Waals surface area contributed by atoms with Gasteiger partial charge in [-0.3, -0.25) is 0 Å². The maximum Gasteiger partial charge on any atom is 0.0688 e. The van der Waals surface area contributed by atoms with E-state index in [9.17, 15) is 0 Å². The SMILES string of the molecule is Cc1c(/C=C/c2ccccc2)cc(-c2ccccc2)n1-c1ccccc1N. The summed E-state index contributed by atoms with van der Waals surface area (Å²) in [5, 5.41) is 0. The van der Waals surface area contributed by atoms with Gasteiger partial charge in [-0.05, 0) is 41.8 Å². The number of hydrogen-bond acceptors (Lipinski definition) is 1. The summed E-state index contributed by atoms with van der Waals surface area (Å²) in [4.78, 5) is 0. The first-order chi connectivity index (χ1) is 13.2. The van der Waals surface area contributed by atoms with E-state index in [4.69, 9.17) is 5.73 Å². The first-order valence-corrected chi connectivity index (χ1v) is 9.10. The van der Waals surface area contributed by atoms with E-state index in [1.807, 2.05) is 30.3 Å². The zero-order chi connectivity index (χ0) is 18.6. The van der Waals surface area contributed by atoms with Crippen LogP contribution in [-0.4, -0.2) is 4.57 Å². The van der Waals surface area contributed by atoms with E-state index in [2.05, 4.69) is 84.3 Å². The lowest BCUT2D eigenvalue weighted by molar-refractivity contribution is 1.02. The Kier molecular flexibility index (Phi) is 4.63. The molecule has 2 N–H and O–H groups in total. The van der Waals surface area contributed by atoms with Gasteiger partial charge in [-0.15, -0.1) is 0 Å². The molecule has 0 aliphatic heterocycles. The minimum absolute atomic E-state index is 0.770. The second-order valence-electron chi connectivity index (χ2n) is 6.57. The van der Waals surface area contributed by atoms with E-state index < -0.39 is 0 Å². The molecule has 0 saturated heterocycles. The van der Waals surface area contributed by atoms with E-state index in [0.717, 1.165) is 17.1 Å². The second-order valence-corrected chi connectivity index (χ2v) is 6.57. The van der Waals surface area contributed by atoms with Crippen LogP contribution in [0.15, 0.2) is 91.0 Å². The molecule has 0 atom stereocenters. The molecule has 4 rings (SSSR count). The Morgan fingerprint density at radius 2 is 1.37 bits per heavy atom. The smallest absolute Gasteiger partial charge is 0.0688 e. The molecule has 0 radical (unpaired) electrons. The molecule has 0 aliphatic rings. The second kappa shape index (κ2) is 7.38. The van der Waals surface area contributed by atoms with Gasteiger partial charge in [-0.2, -0.15) is 0 Å². The molecule has 0 spiro atoms. The number of nitrogens with two attached hydrogens (primary N) is 1. The van der Waals surface area contributed by atoms with Crippen molar-refractivity contribution in [1.82, 2.24) is 4.57 Å². The summed E-state index contributed by atoms with van der Waals surface area (Å²) >= 11 is 0. The van der Waals surface area contributed by atoms with Crippen molar-refractivity contribution >= 4 is 17.8 Å². The summed E-state index contributed by atoms with van der Waals surface area (Å²) in [6, 6.07) is 31.0. The van der Waals surface area contributed by atoms with E-state index >= 15 is 0 Å². The van der Waals surface area contributed by atoms with Crippen LogP contribution in [0.5, 0.6) is 0 Å². The molecule has 0 bridgehead atoms. The molecule has 27 heavy (non-hydrogen) atoms. The highest BCUT2D eigenvalue weighted by Crippen LogP contribution is 2.32. The third-order valence-corrected chi connectivity index (χ3v) is 4.79. The number of nitrogen functional groups attached to an aromatic ring is 1. The van der Waals surface area contributed by atoms with Crippen LogP contribution in [0.25, 0.3) is 29.1 Å². The zero-order valence-corrected chi connectivity index (χ0v) is 15.3. The van der Waals surface area contributed by atoms with Crippen molar-refractivity contribution < 1.29 is 0 Å². The standard InChI is InChI=1S/C25H22N2/c1-19-22(17-16-20-10-4-2-5-11-20)18-25(21-12-6-3-7-13-21)27(19)24-15-9-8-14-23(24)26/h2-18H,26H2,1H3/b17-16+. The number of hydrogen-bond donors (Lipinski definition) is 1. The number of nitrogens with zero attached hydrogens (tertiary/aromatic N) is 1. The number of rotatable bonds is 4. The van der Waals surface area contributed by atoms with Crippen LogP contribution < -0.4 is 5.73 Å². The monoisotopic (exact) mass is 350 g/mol. The van der Waals surface area contributed by atoms with Crippen LogP contribution in [0.1, 0.15) is 16.8 Å². The largest absolute Gasteiger partial charge is 0.397 e. The van der Waals surface area contributed by atoms with Crippen molar-refractivity contribution in [2.75, 3.05) is 5.73 Å². The van der Waals surface area contributed by atoms with Gasteiger partial charge in [0.05, 0.1) is 17.1 Å². The quantitative estimate of drug-likeness (QED) is 0.436. The van der Waals surface area contributed by atoms with Crippen molar-refractivity contribution in [3.8, 4) is 16.9 Å². The van der Waals surface area contributed by atoms with Crippen molar-refractivity contribution in [3.63, 3.8) is 0 Å². The van der Waals surface area contributed by atoms with Gasteiger partial charge in [0.2, 0.25) is 0 Å². The van der Waals surface area contributed by atoms with Crippen LogP contribution in [0, 0.1) is 6.92 Å². The van der Waals surface area contributed by atoms with E-state index in [1.54, 1.807) is 0 Å². The Morgan fingerprint density at radius 1 is 0.741 bits per heavy atom. The summed E-state index contributed by atoms with van der Waals surface area (Å²) in [6.45, 7) is 2.14. The van der Waals surface area contributed by atoms with Crippen molar-refractivity contribution in [2.45, 2.75) is 6.92 Å². The molecule has 0 unspecified atom stereocenters. The average molecular weight is 350 g/mol. The van der Waals surface area contributed by atoms with E-state index in [1.165, 1.54) is 22.4 Å². The van der Waals surface area contributed by atoms with Gasteiger partial charge < -0.3 is 10.3 Å². The lowest BCUT2D eigenvalue weighted by Gasteiger charge is -2.14. The molecule has 0 aliphatic carbocycles. The lowest BCUT2D eigenvalue weighted by Crippen LogP contribution is -2.03. The molecule has 0 saturated carbocycles. The van der Waals surface area contributed by atoms with Crippen LogP contribution in [0.4, 0.5) is 5.69 Å². The fourth-order valence-electron chi connectivity index (χ4n) is 3.37. The maximum absolute atomic E-state index is 6.30. The van der Waals surface area contributed by atoms with Gasteiger partial charge in [-0.1, -0.05) is 84.9 Å². The van der Waals surface area contributed by atoms with Crippen LogP contribution in [0.3, 0.4) is 0 Å². The highest BCUT2D eigenvalue weighted by Gasteiger charge is 2.15. The normalized spacial score (nSPS) is 11.1. The molecular formula is C25H22N2. The lowest BCUT2D eigenvalue weighted by atomic mass is 10.1. The number of para-hydroxylation sites is 2. The highest BCUT2D eigenvalue weighted by molar-refractivity contribution is 5.77. The predicted molar refractivity (Wildman–Crippen MR) is 116 cm³/mol. The Morgan fingerprint density at radius 3 is 2.07 bits per heavy atom.